The highest BCUT2D eigenvalue weighted by molar-refractivity contribution is 7.63. The molecule has 1 atom stereocenters. The lowest BCUT2D eigenvalue weighted by Gasteiger charge is -2.28. The molecule has 1 aromatic carbocycles. The third kappa shape index (κ3) is 14.6. The zero-order valence-electron chi connectivity index (χ0n) is 18.8. The minimum Gasteiger partial charge on any atom is -0.349 e. The van der Waals surface area contributed by atoms with E-state index < -0.39 is 7.34 Å². The van der Waals surface area contributed by atoms with Crippen molar-refractivity contribution < 1.29 is 9.05 Å². The first-order valence-corrected chi connectivity index (χ1v) is 12.2. The van der Waals surface area contributed by atoms with Crippen LogP contribution in [0.3, 0.4) is 0 Å². The molecule has 0 fully saturated rings. The summed E-state index contributed by atoms with van der Waals surface area (Å²) in [6, 6.07) is 10.3. The molecule has 27 heavy (non-hydrogen) atoms. The van der Waals surface area contributed by atoms with E-state index in [4.69, 9.17) is 9.05 Å². The Morgan fingerprint density at radius 3 is 1.93 bits per heavy atom. The highest BCUT2D eigenvalue weighted by atomic mass is 31.2. The van der Waals surface area contributed by atoms with Gasteiger partial charge in [0.05, 0.1) is 6.61 Å². The van der Waals surface area contributed by atoms with Gasteiger partial charge in [0.15, 0.2) is 0 Å². The Hall–Kier alpha value is -1.16. The molecule has 0 spiro atoms. The van der Waals surface area contributed by atoms with E-state index in [2.05, 4.69) is 54.3 Å². The minimum absolute atomic E-state index is 0.525. The summed E-state index contributed by atoms with van der Waals surface area (Å²) in [7, 11) is 1.28. The van der Waals surface area contributed by atoms with Crippen molar-refractivity contribution in [3.8, 4) is 0 Å². The first kappa shape index (κ1) is 28.1. The topological polar surface area (TPSA) is 46.4 Å². The summed E-state index contributed by atoms with van der Waals surface area (Å²) in [5.74, 6) is 0.603. The van der Waals surface area contributed by atoms with Gasteiger partial charge in [-0.15, -0.1) is 0 Å². The monoisotopic (exact) mass is 399 g/mol. The van der Waals surface area contributed by atoms with Crippen LogP contribution in [0.1, 0.15) is 47.5 Å². The number of benzene rings is 1. The third-order valence-corrected chi connectivity index (χ3v) is 5.28. The number of rotatable bonds is 10. The minimum atomic E-state index is -2.00. The van der Waals surface area contributed by atoms with Gasteiger partial charge < -0.3 is 13.9 Å². The predicted molar refractivity (Wildman–Crippen MR) is 123 cm³/mol. The second kappa shape index (κ2) is 18.2. The van der Waals surface area contributed by atoms with Gasteiger partial charge in [-0.05, 0) is 25.0 Å². The van der Waals surface area contributed by atoms with Crippen LogP contribution in [0, 0.1) is 5.92 Å². The first-order chi connectivity index (χ1) is 12.9. The molecule has 0 saturated heterocycles. The van der Waals surface area contributed by atoms with Crippen molar-refractivity contribution in [2.75, 3.05) is 45.5 Å². The molecule has 0 heterocycles. The third-order valence-electron chi connectivity index (χ3n) is 3.93. The van der Waals surface area contributed by atoms with Crippen LogP contribution in [0.25, 0.3) is 0 Å². The van der Waals surface area contributed by atoms with Crippen LogP contribution in [0.15, 0.2) is 40.6 Å². The summed E-state index contributed by atoms with van der Waals surface area (Å²) in [5, 5.41) is 6.72. The quantitative estimate of drug-likeness (QED) is 0.254. The molecule has 0 bridgehead atoms. The Morgan fingerprint density at radius 2 is 1.52 bits per heavy atom. The number of anilines is 1. The highest BCUT2D eigenvalue weighted by Crippen LogP contribution is 2.44. The molecule has 158 valence electrons. The average molecular weight is 400 g/mol. The van der Waals surface area contributed by atoms with Gasteiger partial charge in [-0.25, -0.2) is 0 Å². The van der Waals surface area contributed by atoms with Crippen LogP contribution in [0.4, 0.5) is 5.69 Å². The fraction of sp³-hybridized carbons (Fsp3) is 0.667. The summed E-state index contributed by atoms with van der Waals surface area (Å²) >= 11 is 0. The molecule has 0 N–H and O–H groups in total. The zero-order chi connectivity index (χ0) is 21.1. The number of hydrogen-bond acceptors (Lipinski definition) is 5. The van der Waals surface area contributed by atoms with Gasteiger partial charge in [0.25, 0.3) is 0 Å². The summed E-state index contributed by atoms with van der Waals surface area (Å²) < 4.78 is 11.9. The van der Waals surface area contributed by atoms with Crippen LogP contribution < -0.4 is 4.90 Å². The molecule has 0 saturated carbocycles. The van der Waals surface area contributed by atoms with E-state index in [1.54, 1.807) is 14.1 Å². The van der Waals surface area contributed by atoms with Crippen LogP contribution in [-0.4, -0.2) is 46.9 Å². The Labute approximate surface area is 168 Å². The lowest BCUT2D eigenvalue weighted by molar-refractivity contribution is 0.209. The van der Waals surface area contributed by atoms with E-state index in [0.717, 1.165) is 26.0 Å². The SMILES string of the molecule is C=P(C)(OCC(CC)CC)OCN(CC)c1ccccc1.CC.CN=NC. The summed E-state index contributed by atoms with van der Waals surface area (Å²) in [5.41, 5.74) is 1.17. The van der Waals surface area contributed by atoms with Gasteiger partial charge in [0, 0.05) is 33.0 Å². The van der Waals surface area contributed by atoms with E-state index in [-0.39, 0.29) is 0 Å². The van der Waals surface area contributed by atoms with Gasteiger partial charge in [-0.3, -0.25) is 0 Å². The molecule has 6 heteroatoms. The van der Waals surface area contributed by atoms with Gasteiger partial charge in [0.1, 0.15) is 14.1 Å². The van der Waals surface area contributed by atoms with Gasteiger partial charge in [-0.1, -0.05) is 65.0 Å². The van der Waals surface area contributed by atoms with Crippen LogP contribution in [0.5, 0.6) is 0 Å². The largest absolute Gasteiger partial charge is 0.349 e. The van der Waals surface area contributed by atoms with Crippen molar-refractivity contribution >= 4 is 19.3 Å². The molecular formula is C21H42N3O2P. The van der Waals surface area contributed by atoms with E-state index in [1.165, 1.54) is 5.69 Å². The fourth-order valence-electron chi connectivity index (χ4n) is 2.00. The Kier molecular flexibility index (Phi) is 18.9. The summed E-state index contributed by atoms with van der Waals surface area (Å²) in [6.45, 7) is 14.7. The fourth-order valence-corrected chi connectivity index (χ4v) is 2.99. The summed E-state index contributed by atoms with van der Waals surface area (Å²) in [4.78, 5) is 2.18. The van der Waals surface area contributed by atoms with Crippen LogP contribution in [0.2, 0.25) is 0 Å². The molecule has 0 radical (unpaired) electrons. The van der Waals surface area contributed by atoms with E-state index in [0.29, 0.717) is 12.6 Å². The van der Waals surface area contributed by atoms with Crippen molar-refractivity contribution in [3.63, 3.8) is 0 Å². The Balaban J connectivity index is 0. The molecule has 1 rings (SSSR count). The number of para-hydroxylation sites is 1. The molecule has 0 amide bonds. The second-order valence-corrected chi connectivity index (χ2v) is 8.39. The average Bonchev–Trinajstić information content (AvgIpc) is 2.71. The molecule has 0 aliphatic heterocycles. The van der Waals surface area contributed by atoms with Crippen LogP contribution >= 0.6 is 7.34 Å². The van der Waals surface area contributed by atoms with Gasteiger partial charge in [0.2, 0.25) is 0 Å². The highest BCUT2D eigenvalue weighted by Gasteiger charge is 2.14. The first-order valence-electron chi connectivity index (χ1n) is 9.91. The van der Waals surface area contributed by atoms with Gasteiger partial charge >= 0.3 is 0 Å². The van der Waals surface area contributed by atoms with E-state index in [9.17, 15) is 0 Å². The maximum Gasteiger partial charge on any atom is 0.125 e. The number of azo groups is 1. The van der Waals surface area contributed by atoms with E-state index >= 15 is 0 Å². The zero-order valence-corrected chi connectivity index (χ0v) is 19.7. The molecule has 0 aliphatic carbocycles. The Morgan fingerprint density at radius 1 is 1.00 bits per heavy atom. The molecule has 5 nitrogen and oxygen atoms in total. The molecule has 0 aliphatic rings. The lowest BCUT2D eigenvalue weighted by Crippen LogP contribution is -2.25. The predicted octanol–water partition coefficient (Wildman–Crippen LogP) is 6.57. The second-order valence-electron chi connectivity index (χ2n) is 5.84. The maximum absolute atomic E-state index is 5.98. The number of nitrogens with zero attached hydrogens (tertiary/aromatic N) is 3. The van der Waals surface area contributed by atoms with E-state index in [1.807, 2.05) is 38.7 Å². The molecule has 1 unspecified atom stereocenters. The van der Waals surface area contributed by atoms with Crippen molar-refractivity contribution in [2.24, 2.45) is 16.1 Å². The standard InChI is InChI=1S/C17H30NO2P.C2H6N2.C2H6/c1-6-16(7-2)14-19-21(4,5)20-15-18(8-3)17-12-10-9-11-13-17;1-3-4-2;1-2/h9-13,16H,4,6-8,14-15H2,1-3,5H3;1-2H3;1-2H3. The Bertz CT molecular complexity index is 501. The maximum atomic E-state index is 5.98. The van der Waals surface area contributed by atoms with Crippen molar-refractivity contribution in [3.05, 3.63) is 30.3 Å². The number of hydrogen-bond donors (Lipinski definition) is 0. The van der Waals surface area contributed by atoms with Crippen molar-refractivity contribution in [2.45, 2.75) is 47.5 Å². The smallest absolute Gasteiger partial charge is 0.125 e. The van der Waals surface area contributed by atoms with Crippen molar-refractivity contribution in [1.82, 2.24) is 0 Å². The lowest BCUT2D eigenvalue weighted by atomic mass is 10.1. The van der Waals surface area contributed by atoms with Crippen molar-refractivity contribution in [1.29, 1.82) is 0 Å². The molecule has 0 aromatic heterocycles. The normalized spacial score (nSPS) is 12.6. The molecular weight excluding hydrogens is 357 g/mol. The van der Waals surface area contributed by atoms with Gasteiger partial charge in [-0.2, -0.15) is 10.2 Å². The molecule has 1 aromatic rings. The summed E-state index contributed by atoms with van der Waals surface area (Å²) in [6.07, 6.45) is 6.43. The van der Waals surface area contributed by atoms with Crippen LogP contribution in [-0.2, 0) is 9.05 Å².